The summed E-state index contributed by atoms with van der Waals surface area (Å²) in [6.07, 6.45) is 0. The van der Waals surface area contributed by atoms with Crippen LogP contribution in [0.4, 0.5) is 28.6 Å². The Morgan fingerprint density at radius 2 is 1.12 bits per heavy atom. The van der Waals surface area contributed by atoms with E-state index in [4.69, 9.17) is 8.83 Å². The van der Waals surface area contributed by atoms with Gasteiger partial charge in [-0.05, 0) is 85.6 Å². The highest BCUT2D eigenvalue weighted by Crippen LogP contribution is 2.57. The van der Waals surface area contributed by atoms with Crippen LogP contribution in [0.2, 0.25) is 0 Å². The second-order valence-electron chi connectivity index (χ2n) is 18.7. The van der Waals surface area contributed by atoms with Crippen molar-refractivity contribution in [3.8, 4) is 22.3 Å². The number of hydrogen-bond donors (Lipinski definition) is 1. The molecule has 2 aromatic heterocycles. The van der Waals surface area contributed by atoms with E-state index in [9.17, 15) is 0 Å². The van der Waals surface area contributed by atoms with Crippen molar-refractivity contribution < 1.29 is 8.83 Å². The Bertz CT molecular complexity index is 3660. The molecule has 0 unspecified atom stereocenters. The Kier molecular flexibility index (Phi) is 8.45. The maximum atomic E-state index is 7.03. The van der Waals surface area contributed by atoms with Gasteiger partial charge in [-0.15, -0.1) is 0 Å². The van der Waals surface area contributed by atoms with E-state index in [0.717, 1.165) is 94.7 Å². The number of nitrogens with one attached hydrogen (secondary N) is 1. The summed E-state index contributed by atoms with van der Waals surface area (Å²) in [6, 6.07) is 74.5. The molecule has 2 aliphatic rings. The molecule has 1 radical (unpaired) electrons. The fourth-order valence-electron chi connectivity index (χ4n) is 11.0. The smallest absolute Gasteiger partial charge is 0.203 e. The number of benzene rings is 9. The van der Waals surface area contributed by atoms with E-state index in [2.05, 4.69) is 245 Å². The van der Waals surface area contributed by atoms with Crippen LogP contribution in [0.25, 0.3) is 55.2 Å². The topological polar surface area (TPSA) is 41.6 Å². The van der Waals surface area contributed by atoms with E-state index in [1.54, 1.807) is 0 Å². The van der Waals surface area contributed by atoms with Crippen molar-refractivity contribution in [2.45, 2.75) is 31.6 Å². The highest BCUT2D eigenvalue weighted by atomic mass is 16.4. The Balaban J connectivity index is 1.17. The summed E-state index contributed by atoms with van der Waals surface area (Å²) in [5, 5.41) is 7.28. The molecular formula is C61H44BN2O2. The van der Waals surface area contributed by atoms with E-state index < -0.39 is 5.41 Å². The SMILES string of the molecule is CC(C)(C)c1ccc(N2c3cc4oc5ccccc5c4c(-c4cccc5c4Nc4ccccc4C5(c4ccccc4)c4ccccc4)c3[B]c3c2oc2ccccc32)c(-c2ccccc2)c1. The average molecular weight is 848 g/mol. The second-order valence-corrected chi connectivity index (χ2v) is 18.7. The summed E-state index contributed by atoms with van der Waals surface area (Å²) in [6.45, 7) is 6.84. The summed E-state index contributed by atoms with van der Waals surface area (Å²) in [5.41, 5.74) is 18.6. The first-order valence-electron chi connectivity index (χ1n) is 22.8. The molecule has 2 aliphatic heterocycles. The summed E-state index contributed by atoms with van der Waals surface area (Å²) >= 11 is 0. The molecule has 5 heteroatoms. The standard InChI is InChI=1S/C61H44BN2O2/c1-60(2,3)41-34-35-49(45(36-41)38-20-7-4-8-21-38)64-50-37-53-54(42-26-13-17-32-51(42)65-53)55(57(50)62-56-43-27-14-18-33-52(43)66-59(56)64)44-28-19-30-47-58(44)63-48-31-16-15-29-46(48)61(47,39-22-9-5-10-23-39)40-24-11-6-12-25-40/h4-37,63H,1-3H3. The van der Waals surface area contributed by atoms with E-state index in [0.29, 0.717) is 0 Å². The van der Waals surface area contributed by atoms with Crippen LogP contribution in [-0.2, 0) is 10.8 Å². The maximum Gasteiger partial charge on any atom is 0.203 e. The zero-order valence-electron chi connectivity index (χ0n) is 37.0. The van der Waals surface area contributed by atoms with Crippen LogP contribution in [0.1, 0.15) is 48.6 Å². The molecule has 0 fully saturated rings. The minimum absolute atomic E-state index is 0.0689. The Morgan fingerprint density at radius 3 is 1.85 bits per heavy atom. The van der Waals surface area contributed by atoms with E-state index in [1.807, 2.05) is 0 Å². The van der Waals surface area contributed by atoms with Gasteiger partial charge in [0.2, 0.25) is 7.28 Å². The molecule has 0 aliphatic carbocycles. The van der Waals surface area contributed by atoms with Gasteiger partial charge in [0, 0.05) is 44.7 Å². The highest BCUT2D eigenvalue weighted by molar-refractivity contribution is 6.76. The lowest BCUT2D eigenvalue weighted by molar-refractivity contribution is 0.590. The number of hydrogen-bond acceptors (Lipinski definition) is 4. The molecule has 13 rings (SSSR count). The minimum atomic E-state index is -0.634. The quantitative estimate of drug-likeness (QED) is 0.175. The number of furan rings is 2. The molecule has 1 N–H and O–H groups in total. The minimum Gasteiger partial charge on any atom is -0.456 e. The zero-order valence-corrected chi connectivity index (χ0v) is 37.0. The van der Waals surface area contributed by atoms with Gasteiger partial charge in [0.1, 0.15) is 16.7 Å². The van der Waals surface area contributed by atoms with Crippen LogP contribution < -0.4 is 21.1 Å². The van der Waals surface area contributed by atoms with Crippen LogP contribution in [-0.4, -0.2) is 7.28 Å². The van der Waals surface area contributed by atoms with Gasteiger partial charge in [-0.3, -0.25) is 4.90 Å². The molecule has 66 heavy (non-hydrogen) atoms. The lowest BCUT2D eigenvalue weighted by Gasteiger charge is -2.43. The van der Waals surface area contributed by atoms with Gasteiger partial charge in [-0.25, -0.2) is 0 Å². The van der Waals surface area contributed by atoms with Crippen molar-refractivity contribution in [3.63, 3.8) is 0 Å². The molecule has 4 nitrogen and oxygen atoms in total. The third-order valence-electron chi connectivity index (χ3n) is 14.0. The van der Waals surface area contributed by atoms with Crippen LogP contribution >= 0.6 is 0 Å². The number of rotatable bonds is 5. The Labute approximate surface area is 385 Å². The summed E-state index contributed by atoms with van der Waals surface area (Å²) < 4.78 is 14.0. The van der Waals surface area contributed by atoms with Gasteiger partial charge in [-0.1, -0.05) is 191 Å². The molecule has 313 valence electrons. The lowest BCUT2D eigenvalue weighted by Crippen LogP contribution is -2.40. The predicted octanol–water partition coefficient (Wildman–Crippen LogP) is 14.8. The predicted molar refractivity (Wildman–Crippen MR) is 274 cm³/mol. The number of fused-ring (bicyclic) bond motifs is 9. The lowest BCUT2D eigenvalue weighted by atomic mass is 9.57. The molecule has 4 heterocycles. The van der Waals surface area contributed by atoms with Gasteiger partial charge in [-0.2, -0.15) is 0 Å². The molecule has 0 amide bonds. The maximum absolute atomic E-state index is 7.03. The first kappa shape index (κ1) is 38.4. The monoisotopic (exact) mass is 847 g/mol. The molecule has 9 aromatic carbocycles. The van der Waals surface area contributed by atoms with Gasteiger partial charge >= 0.3 is 0 Å². The van der Waals surface area contributed by atoms with Crippen molar-refractivity contribution in [2.75, 3.05) is 10.2 Å². The first-order chi connectivity index (χ1) is 32.4. The van der Waals surface area contributed by atoms with Crippen molar-refractivity contribution in [3.05, 3.63) is 234 Å². The van der Waals surface area contributed by atoms with E-state index >= 15 is 0 Å². The molecule has 0 bridgehead atoms. The molecular weight excluding hydrogens is 803 g/mol. The second kappa shape index (κ2) is 14.5. The van der Waals surface area contributed by atoms with Gasteiger partial charge in [0.15, 0.2) is 5.88 Å². The van der Waals surface area contributed by atoms with Crippen LogP contribution in [0.3, 0.4) is 0 Å². The number of nitrogens with zero attached hydrogens (tertiary/aromatic N) is 1. The van der Waals surface area contributed by atoms with Crippen LogP contribution in [0.5, 0.6) is 0 Å². The normalized spacial score (nSPS) is 13.7. The number of para-hydroxylation sites is 4. The summed E-state index contributed by atoms with van der Waals surface area (Å²) in [5.74, 6) is 0.778. The van der Waals surface area contributed by atoms with Crippen molar-refractivity contribution in [1.82, 2.24) is 0 Å². The van der Waals surface area contributed by atoms with Crippen molar-refractivity contribution in [2.24, 2.45) is 0 Å². The van der Waals surface area contributed by atoms with Crippen LogP contribution in [0, 0.1) is 0 Å². The van der Waals surface area contributed by atoms with Gasteiger partial charge in [0.05, 0.1) is 16.8 Å². The fraction of sp³-hybridized carbons (Fsp3) is 0.0820. The van der Waals surface area contributed by atoms with Gasteiger partial charge in [0.25, 0.3) is 0 Å². The Morgan fingerprint density at radius 1 is 0.500 bits per heavy atom. The molecule has 0 atom stereocenters. The largest absolute Gasteiger partial charge is 0.456 e. The van der Waals surface area contributed by atoms with E-state index in [1.165, 1.54) is 27.8 Å². The van der Waals surface area contributed by atoms with Crippen molar-refractivity contribution >= 4 is 79.7 Å². The summed E-state index contributed by atoms with van der Waals surface area (Å²) in [7, 11) is 2.37. The zero-order chi connectivity index (χ0) is 44.1. The van der Waals surface area contributed by atoms with Crippen LogP contribution in [0.15, 0.2) is 215 Å². The van der Waals surface area contributed by atoms with Gasteiger partial charge < -0.3 is 14.2 Å². The van der Waals surface area contributed by atoms with E-state index in [-0.39, 0.29) is 5.41 Å². The third kappa shape index (κ3) is 5.59. The third-order valence-corrected chi connectivity index (χ3v) is 14.0. The highest BCUT2D eigenvalue weighted by Gasteiger charge is 2.45. The summed E-state index contributed by atoms with van der Waals surface area (Å²) in [4.78, 5) is 2.35. The average Bonchev–Trinajstić information content (AvgIpc) is 3.92. The first-order valence-corrected chi connectivity index (χ1v) is 22.8. The molecule has 0 saturated carbocycles. The fourth-order valence-corrected chi connectivity index (χ4v) is 11.0. The van der Waals surface area contributed by atoms with Crippen molar-refractivity contribution in [1.29, 1.82) is 0 Å². The number of anilines is 5. The molecule has 0 spiro atoms. The molecule has 0 saturated heterocycles. The Hall–Kier alpha value is -8.02. The molecule has 11 aromatic rings.